The second kappa shape index (κ2) is 6.88. The summed E-state index contributed by atoms with van der Waals surface area (Å²) in [6.45, 7) is 1.56. The molecule has 2 aliphatic rings. The third-order valence-corrected chi connectivity index (χ3v) is 6.51. The largest absolute Gasteiger partial charge is 0.396 e. The van der Waals surface area contributed by atoms with E-state index in [9.17, 15) is 9.90 Å². The maximum absolute atomic E-state index is 12.7. The monoisotopic (exact) mass is 349 g/mol. The molecule has 3 heteroatoms. The molecule has 0 unspecified atom stereocenters. The summed E-state index contributed by atoms with van der Waals surface area (Å²) in [5.74, 6) is 0.229. The SMILES string of the molecule is O=C1CCC(c2ccccc2)(c2ccccc2)CN1CC1(CO)CCC1. The molecule has 1 aliphatic heterocycles. The number of nitrogens with zero attached hydrogens (tertiary/aromatic N) is 1. The summed E-state index contributed by atoms with van der Waals surface area (Å²) in [7, 11) is 0. The number of aliphatic hydroxyl groups excluding tert-OH is 1. The van der Waals surface area contributed by atoms with Crippen molar-refractivity contribution in [3.63, 3.8) is 0 Å². The number of hydrogen-bond donors (Lipinski definition) is 1. The zero-order chi connectivity index (χ0) is 18.0. The van der Waals surface area contributed by atoms with Crippen LogP contribution in [0.25, 0.3) is 0 Å². The van der Waals surface area contributed by atoms with E-state index in [0.717, 1.165) is 25.7 Å². The number of likely N-dealkylation sites (tertiary alicyclic amines) is 1. The summed E-state index contributed by atoms with van der Waals surface area (Å²) < 4.78 is 0. The molecule has 0 atom stereocenters. The Bertz CT molecular complexity index is 707. The topological polar surface area (TPSA) is 40.5 Å². The Kier molecular flexibility index (Phi) is 4.58. The number of benzene rings is 2. The van der Waals surface area contributed by atoms with Crippen molar-refractivity contribution in [2.24, 2.45) is 5.41 Å². The Morgan fingerprint density at radius 2 is 1.46 bits per heavy atom. The number of aliphatic hydroxyl groups is 1. The van der Waals surface area contributed by atoms with E-state index >= 15 is 0 Å². The molecule has 1 aliphatic carbocycles. The first-order chi connectivity index (χ1) is 12.7. The lowest BCUT2D eigenvalue weighted by molar-refractivity contribution is -0.139. The number of piperidine rings is 1. The number of amides is 1. The molecule has 26 heavy (non-hydrogen) atoms. The molecule has 1 heterocycles. The highest BCUT2D eigenvalue weighted by Crippen LogP contribution is 2.45. The van der Waals surface area contributed by atoms with Gasteiger partial charge in [0.2, 0.25) is 5.91 Å². The van der Waals surface area contributed by atoms with Crippen LogP contribution in [0.5, 0.6) is 0 Å². The predicted octanol–water partition coefficient (Wildman–Crippen LogP) is 3.76. The van der Waals surface area contributed by atoms with Gasteiger partial charge in [-0.3, -0.25) is 4.79 Å². The van der Waals surface area contributed by atoms with E-state index in [1.54, 1.807) is 0 Å². The van der Waals surface area contributed by atoms with Crippen molar-refractivity contribution in [2.45, 2.75) is 37.5 Å². The standard InChI is InChI=1S/C23H27NO2/c25-18-22(13-7-14-22)16-24-17-23(15-12-21(24)26,19-8-3-1-4-9-19)20-10-5-2-6-11-20/h1-6,8-11,25H,7,12-18H2. The molecule has 2 aromatic carbocycles. The molecule has 0 radical (unpaired) electrons. The van der Waals surface area contributed by atoms with E-state index in [1.165, 1.54) is 11.1 Å². The number of carbonyl (C=O) groups excluding carboxylic acids is 1. The third-order valence-electron chi connectivity index (χ3n) is 6.51. The molecule has 1 N–H and O–H groups in total. The molecule has 136 valence electrons. The quantitative estimate of drug-likeness (QED) is 0.893. The van der Waals surface area contributed by atoms with E-state index in [-0.39, 0.29) is 23.3 Å². The lowest BCUT2D eigenvalue weighted by Gasteiger charge is -2.49. The highest BCUT2D eigenvalue weighted by atomic mass is 16.3. The Balaban J connectivity index is 1.71. The second-order valence-electron chi connectivity index (χ2n) is 8.08. The highest BCUT2D eigenvalue weighted by Gasteiger charge is 2.45. The summed E-state index contributed by atoms with van der Waals surface area (Å²) in [4.78, 5) is 14.7. The van der Waals surface area contributed by atoms with Crippen LogP contribution in [0, 0.1) is 5.41 Å². The Morgan fingerprint density at radius 1 is 0.885 bits per heavy atom. The normalized spacial score (nSPS) is 21.3. The minimum absolute atomic E-state index is 0.0773. The van der Waals surface area contributed by atoms with Gasteiger partial charge in [-0.15, -0.1) is 0 Å². The van der Waals surface area contributed by atoms with Crippen LogP contribution in [0.3, 0.4) is 0 Å². The summed E-state index contributed by atoms with van der Waals surface area (Å²) in [6, 6.07) is 21.2. The van der Waals surface area contributed by atoms with E-state index in [4.69, 9.17) is 0 Å². The Morgan fingerprint density at radius 3 is 1.92 bits per heavy atom. The van der Waals surface area contributed by atoms with Gasteiger partial charge in [-0.2, -0.15) is 0 Å². The lowest BCUT2D eigenvalue weighted by Crippen LogP contribution is -2.54. The molecule has 1 amide bonds. The van der Waals surface area contributed by atoms with Gasteiger partial charge in [0, 0.05) is 30.3 Å². The molecule has 0 bridgehead atoms. The predicted molar refractivity (Wildman–Crippen MR) is 103 cm³/mol. The number of hydrogen-bond acceptors (Lipinski definition) is 2. The van der Waals surface area contributed by atoms with Crippen molar-refractivity contribution in [3.05, 3.63) is 71.8 Å². The van der Waals surface area contributed by atoms with Crippen LogP contribution < -0.4 is 0 Å². The van der Waals surface area contributed by atoms with Crippen molar-refractivity contribution in [2.75, 3.05) is 19.7 Å². The minimum Gasteiger partial charge on any atom is -0.396 e. The first-order valence-electron chi connectivity index (χ1n) is 9.67. The van der Waals surface area contributed by atoms with Crippen LogP contribution >= 0.6 is 0 Å². The van der Waals surface area contributed by atoms with Gasteiger partial charge in [0.05, 0.1) is 6.61 Å². The maximum Gasteiger partial charge on any atom is 0.222 e. The molecule has 0 spiro atoms. The van der Waals surface area contributed by atoms with Crippen LogP contribution in [-0.4, -0.2) is 35.6 Å². The van der Waals surface area contributed by atoms with E-state index < -0.39 is 0 Å². The molecule has 0 aromatic heterocycles. The molecule has 2 fully saturated rings. The smallest absolute Gasteiger partial charge is 0.222 e. The zero-order valence-electron chi connectivity index (χ0n) is 15.2. The minimum atomic E-state index is -0.170. The van der Waals surface area contributed by atoms with Crippen molar-refractivity contribution >= 4 is 5.91 Å². The Hall–Kier alpha value is -2.13. The van der Waals surface area contributed by atoms with Crippen molar-refractivity contribution < 1.29 is 9.90 Å². The molecule has 4 rings (SSSR count). The summed E-state index contributed by atoms with van der Waals surface area (Å²) in [6.07, 6.45) is 4.60. The number of carbonyl (C=O) groups is 1. The third kappa shape index (κ3) is 2.95. The first-order valence-corrected chi connectivity index (χ1v) is 9.67. The van der Waals surface area contributed by atoms with Crippen molar-refractivity contribution in [1.29, 1.82) is 0 Å². The highest BCUT2D eigenvalue weighted by molar-refractivity contribution is 5.78. The van der Waals surface area contributed by atoms with Crippen molar-refractivity contribution in [1.82, 2.24) is 4.90 Å². The average molecular weight is 349 g/mol. The molecule has 3 nitrogen and oxygen atoms in total. The maximum atomic E-state index is 12.7. The van der Waals surface area contributed by atoms with Crippen LogP contribution in [0.2, 0.25) is 0 Å². The van der Waals surface area contributed by atoms with E-state index in [1.807, 2.05) is 17.0 Å². The molecule has 2 aromatic rings. The molecular formula is C23H27NO2. The van der Waals surface area contributed by atoms with Gasteiger partial charge in [-0.05, 0) is 30.4 Å². The lowest BCUT2D eigenvalue weighted by atomic mass is 9.66. The van der Waals surface area contributed by atoms with Crippen LogP contribution in [0.15, 0.2) is 60.7 Å². The fourth-order valence-electron chi connectivity index (χ4n) is 4.72. The van der Waals surface area contributed by atoms with E-state index in [2.05, 4.69) is 48.5 Å². The van der Waals surface area contributed by atoms with Gasteiger partial charge in [0.1, 0.15) is 0 Å². The fraction of sp³-hybridized carbons (Fsp3) is 0.435. The summed E-state index contributed by atoms with van der Waals surface area (Å²) >= 11 is 0. The second-order valence-corrected chi connectivity index (χ2v) is 8.08. The van der Waals surface area contributed by atoms with E-state index in [0.29, 0.717) is 19.5 Å². The first kappa shape index (κ1) is 17.3. The van der Waals surface area contributed by atoms with Gasteiger partial charge < -0.3 is 10.0 Å². The van der Waals surface area contributed by atoms with Crippen LogP contribution in [0.1, 0.15) is 43.2 Å². The summed E-state index contributed by atoms with van der Waals surface area (Å²) in [5.41, 5.74) is 2.30. The van der Waals surface area contributed by atoms with Gasteiger partial charge >= 0.3 is 0 Å². The summed E-state index contributed by atoms with van der Waals surface area (Å²) in [5, 5.41) is 9.88. The van der Waals surface area contributed by atoms with Crippen molar-refractivity contribution in [3.8, 4) is 0 Å². The average Bonchev–Trinajstić information content (AvgIpc) is 2.68. The van der Waals surface area contributed by atoms with Gasteiger partial charge in [0.25, 0.3) is 0 Å². The molecular weight excluding hydrogens is 322 g/mol. The van der Waals surface area contributed by atoms with Gasteiger partial charge in [-0.1, -0.05) is 67.1 Å². The Labute approximate surface area is 155 Å². The van der Waals surface area contributed by atoms with Gasteiger partial charge in [0.15, 0.2) is 0 Å². The van der Waals surface area contributed by atoms with Gasteiger partial charge in [-0.25, -0.2) is 0 Å². The van der Waals surface area contributed by atoms with Crippen LogP contribution in [-0.2, 0) is 10.2 Å². The zero-order valence-corrected chi connectivity index (χ0v) is 15.2. The number of rotatable bonds is 5. The van der Waals surface area contributed by atoms with Crippen LogP contribution in [0.4, 0.5) is 0 Å². The molecule has 1 saturated heterocycles. The fourth-order valence-corrected chi connectivity index (χ4v) is 4.72. The molecule has 1 saturated carbocycles.